The van der Waals surface area contributed by atoms with Crippen LogP contribution >= 0.6 is 0 Å². The Morgan fingerprint density at radius 1 is 1.36 bits per heavy atom. The summed E-state index contributed by atoms with van der Waals surface area (Å²) in [6.45, 7) is 13.8. The van der Waals surface area contributed by atoms with Crippen molar-refractivity contribution < 1.29 is 4.79 Å². The second kappa shape index (κ2) is 11.1. The lowest BCUT2D eigenvalue weighted by Gasteiger charge is -2.07. The number of aliphatic imine (C=N–C) groups is 1. The molecule has 170 valence electrons. The second-order valence-corrected chi connectivity index (χ2v) is 7.92. The zero-order valence-corrected chi connectivity index (χ0v) is 19.5. The Bertz CT molecular complexity index is 1160. The average molecular weight is 443 g/mol. The first kappa shape index (κ1) is 23.8. The molecule has 7 nitrogen and oxygen atoms in total. The molecule has 2 aromatic rings. The normalized spacial score (nSPS) is 15.1. The number of rotatable bonds is 10. The smallest absolute Gasteiger partial charge is 0.274 e. The minimum absolute atomic E-state index is 0.287. The highest BCUT2D eigenvalue weighted by Gasteiger charge is 2.26. The van der Waals surface area contributed by atoms with Gasteiger partial charge in [-0.1, -0.05) is 38.3 Å². The maximum atomic E-state index is 12.7. The minimum Gasteiger partial charge on any atom is -0.321 e. The van der Waals surface area contributed by atoms with Crippen LogP contribution in [-0.2, 0) is 0 Å². The van der Waals surface area contributed by atoms with Crippen LogP contribution in [0.15, 0.2) is 79.0 Å². The van der Waals surface area contributed by atoms with Gasteiger partial charge in [-0.2, -0.15) is 0 Å². The molecule has 3 rings (SSSR count). The largest absolute Gasteiger partial charge is 0.321 e. The van der Waals surface area contributed by atoms with E-state index >= 15 is 0 Å². The number of allylic oxidation sites excluding steroid dienone is 6. The van der Waals surface area contributed by atoms with Crippen molar-refractivity contribution in [3.63, 3.8) is 0 Å². The minimum atomic E-state index is -0.336. The number of hydrogen-bond acceptors (Lipinski definition) is 5. The second-order valence-electron chi connectivity index (χ2n) is 7.92. The molecule has 0 saturated heterocycles. The van der Waals surface area contributed by atoms with Crippen LogP contribution in [0.25, 0.3) is 11.1 Å². The van der Waals surface area contributed by atoms with Crippen LogP contribution in [0.5, 0.6) is 0 Å². The lowest BCUT2D eigenvalue weighted by Crippen LogP contribution is -2.22. The predicted octanol–water partition coefficient (Wildman–Crippen LogP) is 5.31. The van der Waals surface area contributed by atoms with Gasteiger partial charge in [0.1, 0.15) is 12.0 Å². The number of nitrogens with one attached hydrogen (secondary N) is 1. The highest BCUT2D eigenvalue weighted by atomic mass is 16.1. The molecule has 0 atom stereocenters. The van der Waals surface area contributed by atoms with Crippen molar-refractivity contribution in [3.05, 3.63) is 91.1 Å². The Labute approximate surface area is 195 Å². The third-order valence-electron chi connectivity index (χ3n) is 5.27. The Morgan fingerprint density at radius 2 is 2.15 bits per heavy atom. The standard InChI is InChI=1S/C26H30N6O/c1-6-19(4)28-16-21(7-2)22-13-14-27-24(15-22)26(33)30-20(5)10-8-9-18(3)25-31-29-17-32(25)23-11-12-23/h7-10,13-17,23H,2,5-6,11-12H2,1,3-4H3,(H,30,33)/b10-8-,18-9+,21-16+,28-19?. The van der Waals surface area contributed by atoms with Crippen molar-refractivity contribution in [2.45, 2.75) is 46.1 Å². The van der Waals surface area contributed by atoms with Crippen LogP contribution in [0.2, 0.25) is 0 Å². The number of aromatic nitrogens is 4. The molecule has 0 spiro atoms. The summed E-state index contributed by atoms with van der Waals surface area (Å²) in [5, 5.41) is 11.0. The first-order valence-electron chi connectivity index (χ1n) is 11.0. The summed E-state index contributed by atoms with van der Waals surface area (Å²) in [6, 6.07) is 4.05. The van der Waals surface area contributed by atoms with E-state index in [0.717, 1.165) is 34.7 Å². The number of hydrogen-bond donors (Lipinski definition) is 1. The molecule has 1 N–H and O–H groups in total. The maximum Gasteiger partial charge on any atom is 0.274 e. The van der Waals surface area contributed by atoms with Gasteiger partial charge in [-0.15, -0.1) is 10.2 Å². The monoisotopic (exact) mass is 442 g/mol. The molecule has 1 saturated carbocycles. The number of nitrogens with zero attached hydrogens (tertiary/aromatic N) is 5. The molecule has 33 heavy (non-hydrogen) atoms. The van der Waals surface area contributed by atoms with Crippen LogP contribution in [-0.4, -0.2) is 31.4 Å². The van der Waals surface area contributed by atoms with E-state index < -0.39 is 0 Å². The van der Waals surface area contributed by atoms with Crippen LogP contribution in [0.3, 0.4) is 0 Å². The fourth-order valence-corrected chi connectivity index (χ4v) is 3.03. The van der Waals surface area contributed by atoms with Crippen LogP contribution in [0.1, 0.15) is 68.0 Å². The fourth-order valence-electron chi connectivity index (χ4n) is 3.03. The third kappa shape index (κ3) is 6.55. The van der Waals surface area contributed by atoms with Crippen molar-refractivity contribution in [1.29, 1.82) is 0 Å². The molecule has 7 heteroatoms. The summed E-state index contributed by atoms with van der Waals surface area (Å²) >= 11 is 0. The SMILES string of the molecule is C=C/C(=C\N=C(C)CC)c1ccnc(C(=O)NC(=C)/C=C\C=C(/C)c2nncn2C2CC2)c1. The van der Waals surface area contributed by atoms with Crippen molar-refractivity contribution in [2.75, 3.05) is 0 Å². The van der Waals surface area contributed by atoms with E-state index in [0.29, 0.717) is 11.7 Å². The van der Waals surface area contributed by atoms with E-state index in [2.05, 4.69) is 43.2 Å². The van der Waals surface area contributed by atoms with Gasteiger partial charge in [-0.05, 0) is 68.0 Å². The molecule has 0 unspecified atom stereocenters. The molecule has 2 aromatic heterocycles. The number of carbonyl (C=O) groups is 1. The van der Waals surface area contributed by atoms with E-state index in [1.54, 1.807) is 36.9 Å². The Balaban J connectivity index is 1.65. The summed E-state index contributed by atoms with van der Waals surface area (Å²) in [7, 11) is 0. The van der Waals surface area contributed by atoms with Crippen molar-refractivity contribution in [3.8, 4) is 0 Å². The third-order valence-corrected chi connectivity index (χ3v) is 5.27. The molecule has 1 aliphatic rings. The molecule has 1 aliphatic carbocycles. The van der Waals surface area contributed by atoms with E-state index in [1.165, 1.54) is 12.8 Å². The molecule has 0 bridgehead atoms. The van der Waals surface area contributed by atoms with Crippen molar-refractivity contribution >= 4 is 22.8 Å². The van der Waals surface area contributed by atoms with Gasteiger partial charge in [-0.3, -0.25) is 14.8 Å². The zero-order valence-electron chi connectivity index (χ0n) is 19.5. The highest BCUT2D eigenvalue weighted by Crippen LogP contribution is 2.36. The van der Waals surface area contributed by atoms with Gasteiger partial charge in [0.25, 0.3) is 5.91 Å². The first-order valence-corrected chi connectivity index (χ1v) is 11.0. The van der Waals surface area contributed by atoms with Gasteiger partial charge in [0.15, 0.2) is 5.82 Å². The summed E-state index contributed by atoms with van der Waals surface area (Å²) in [5.41, 5.74) is 4.39. The van der Waals surface area contributed by atoms with Gasteiger partial charge in [0, 0.05) is 29.8 Å². The Kier molecular flexibility index (Phi) is 8.02. The first-order chi connectivity index (χ1) is 15.9. The summed E-state index contributed by atoms with van der Waals surface area (Å²) in [6.07, 6.45) is 15.5. The van der Waals surface area contributed by atoms with E-state index in [4.69, 9.17) is 0 Å². The summed E-state index contributed by atoms with van der Waals surface area (Å²) < 4.78 is 2.11. The van der Waals surface area contributed by atoms with Gasteiger partial charge < -0.3 is 9.88 Å². The lowest BCUT2D eigenvalue weighted by atomic mass is 10.1. The summed E-state index contributed by atoms with van der Waals surface area (Å²) in [5.74, 6) is 0.527. The lowest BCUT2D eigenvalue weighted by molar-refractivity contribution is 0.0962. The molecule has 0 aromatic carbocycles. The van der Waals surface area contributed by atoms with Gasteiger partial charge in [0.05, 0.1) is 0 Å². The molecule has 0 aliphatic heterocycles. The highest BCUT2D eigenvalue weighted by molar-refractivity contribution is 5.94. The molecule has 2 heterocycles. The predicted molar refractivity (Wildman–Crippen MR) is 134 cm³/mol. The Morgan fingerprint density at radius 3 is 2.85 bits per heavy atom. The van der Waals surface area contributed by atoms with Crippen molar-refractivity contribution in [1.82, 2.24) is 25.1 Å². The topological polar surface area (TPSA) is 85.1 Å². The van der Waals surface area contributed by atoms with E-state index in [1.807, 2.05) is 39.0 Å². The molecule has 1 amide bonds. The molecule has 0 radical (unpaired) electrons. The quantitative estimate of drug-likeness (QED) is 0.399. The van der Waals surface area contributed by atoms with E-state index in [9.17, 15) is 4.79 Å². The zero-order chi connectivity index (χ0) is 23.8. The van der Waals surface area contributed by atoms with Crippen LogP contribution < -0.4 is 5.32 Å². The van der Waals surface area contributed by atoms with Gasteiger partial charge in [-0.25, -0.2) is 0 Å². The molecule has 1 fully saturated rings. The summed E-state index contributed by atoms with van der Waals surface area (Å²) in [4.78, 5) is 21.3. The van der Waals surface area contributed by atoms with E-state index in [-0.39, 0.29) is 11.6 Å². The number of carbonyl (C=O) groups excluding carboxylic acids is 1. The van der Waals surface area contributed by atoms with Gasteiger partial charge in [0.2, 0.25) is 0 Å². The average Bonchev–Trinajstić information content (AvgIpc) is 3.55. The van der Waals surface area contributed by atoms with Crippen LogP contribution in [0, 0.1) is 0 Å². The van der Waals surface area contributed by atoms with Crippen LogP contribution in [0.4, 0.5) is 0 Å². The fraction of sp³-hybridized carbons (Fsp3) is 0.269. The van der Waals surface area contributed by atoms with Crippen molar-refractivity contribution in [2.24, 2.45) is 4.99 Å². The Hall–Kier alpha value is -3.87. The molecular weight excluding hydrogens is 412 g/mol. The maximum absolute atomic E-state index is 12.7. The number of pyridine rings is 1. The van der Waals surface area contributed by atoms with Gasteiger partial charge >= 0.3 is 0 Å². The molecular formula is C26H30N6O. The number of amides is 1.